The molecular formula is C18H17Cl2N5S. The van der Waals surface area contributed by atoms with E-state index in [0.717, 1.165) is 42.7 Å². The van der Waals surface area contributed by atoms with Crippen molar-refractivity contribution in [1.82, 2.24) is 15.2 Å². The van der Waals surface area contributed by atoms with Crippen LogP contribution < -0.4 is 10.2 Å². The first-order chi connectivity index (χ1) is 12.6. The lowest BCUT2D eigenvalue weighted by Gasteiger charge is -2.36. The van der Waals surface area contributed by atoms with Crippen LogP contribution in [0.5, 0.6) is 0 Å². The highest BCUT2D eigenvalue weighted by Crippen LogP contribution is 2.22. The lowest BCUT2D eigenvalue weighted by molar-refractivity contribution is 0.379. The average Bonchev–Trinajstić information content (AvgIpc) is 2.69. The van der Waals surface area contributed by atoms with Crippen molar-refractivity contribution >= 4 is 46.4 Å². The van der Waals surface area contributed by atoms with Gasteiger partial charge in [0.1, 0.15) is 11.9 Å². The highest BCUT2D eigenvalue weighted by molar-refractivity contribution is 7.80. The maximum Gasteiger partial charge on any atom is 0.169 e. The topological polar surface area (TPSA) is 55.2 Å². The molecule has 1 aromatic carbocycles. The molecule has 134 valence electrons. The summed E-state index contributed by atoms with van der Waals surface area (Å²) in [7, 11) is 0. The standard InChI is InChI=1S/C18H17Cl2N5S/c19-15-3-1-13(9-16(15)20)11-23-18(26)25-7-5-24(6-8-25)17-4-2-14(10-21)12-22-17/h1-4,9,12H,5-8,11H2,(H,23,26). The lowest BCUT2D eigenvalue weighted by Crippen LogP contribution is -2.51. The van der Waals surface area contributed by atoms with Crippen LogP contribution in [0.2, 0.25) is 10.0 Å². The van der Waals surface area contributed by atoms with Gasteiger partial charge in [-0.05, 0) is 42.0 Å². The maximum atomic E-state index is 8.85. The third-order valence-corrected chi connectivity index (χ3v) is 5.34. The quantitative estimate of drug-likeness (QED) is 0.789. The molecule has 0 saturated carbocycles. The number of benzene rings is 1. The van der Waals surface area contributed by atoms with E-state index < -0.39 is 0 Å². The van der Waals surface area contributed by atoms with E-state index in [4.69, 9.17) is 40.7 Å². The molecule has 5 nitrogen and oxygen atoms in total. The molecule has 0 amide bonds. The number of piperazine rings is 1. The second kappa shape index (κ2) is 8.54. The van der Waals surface area contributed by atoms with Gasteiger partial charge in [-0.3, -0.25) is 0 Å². The van der Waals surface area contributed by atoms with Gasteiger partial charge in [0.2, 0.25) is 0 Å². The number of pyridine rings is 1. The molecule has 26 heavy (non-hydrogen) atoms. The minimum absolute atomic E-state index is 0.542. The number of rotatable bonds is 3. The van der Waals surface area contributed by atoms with E-state index in [-0.39, 0.29) is 0 Å². The van der Waals surface area contributed by atoms with E-state index in [1.54, 1.807) is 18.3 Å². The molecule has 1 N–H and O–H groups in total. The van der Waals surface area contributed by atoms with Gasteiger partial charge in [-0.2, -0.15) is 5.26 Å². The third kappa shape index (κ3) is 4.55. The molecule has 2 aromatic rings. The van der Waals surface area contributed by atoms with Gasteiger partial charge < -0.3 is 15.1 Å². The number of halogens is 2. The molecule has 1 aliphatic heterocycles. The maximum absolute atomic E-state index is 8.85. The van der Waals surface area contributed by atoms with Crippen LogP contribution in [0.25, 0.3) is 0 Å². The fourth-order valence-corrected chi connectivity index (χ4v) is 3.29. The van der Waals surface area contributed by atoms with Crippen molar-refractivity contribution in [2.45, 2.75) is 6.54 Å². The van der Waals surface area contributed by atoms with E-state index in [2.05, 4.69) is 26.2 Å². The first-order valence-electron chi connectivity index (χ1n) is 8.14. The molecule has 2 heterocycles. The van der Waals surface area contributed by atoms with Crippen molar-refractivity contribution in [2.24, 2.45) is 0 Å². The van der Waals surface area contributed by atoms with Crippen LogP contribution >= 0.6 is 35.4 Å². The second-order valence-electron chi connectivity index (χ2n) is 5.90. The summed E-state index contributed by atoms with van der Waals surface area (Å²) in [6, 6.07) is 11.3. The highest BCUT2D eigenvalue weighted by Gasteiger charge is 2.19. The van der Waals surface area contributed by atoms with Crippen molar-refractivity contribution in [3.05, 3.63) is 57.7 Å². The minimum Gasteiger partial charge on any atom is -0.358 e. The van der Waals surface area contributed by atoms with Crippen LogP contribution in [0, 0.1) is 11.3 Å². The second-order valence-corrected chi connectivity index (χ2v) is 7.10. The van der Waals surface area contributed by atoms with Gasteiger partial charge in [-0.25, -0.2) is 4.98 Å². The molecular weight excluding hydrogens is 389 g/mol. The van der Waals surface area contributed by atoms with Gasteiger partial charge in [-0.1, -0.05) is 29.3 Å². The zero-order valence-electron chi connectivity index (χ0n) is 14.0. The SMILES string of the molecule is N#Cc1ccc(N2CCN(C(=S)NCc3ccc(Cl)c(Cl)c3)CC2)nc1. The molecule has 0 bridgehead atoms. The number of aromatic nitrogens is 1. The summed E-state index contributed by atoms with van der Waals surface area (Å²) in [5, 5.41) is 13.9. The molecule has 8 heteroatoms. The summed E-state index contributed by atoms with van der Waals surface area (Å²) >= 11 is 17.5. The fourth-order valence-electron chi connectivity index (χ4n) is 2.72. The number of nitriles is 1. The fraction of sp³-hybridized carbons (Fsp3) is 0.278. The molecule has 1 aliphatic rings. The molecule has 0 aliphatic carbocycles. The van der Waals surface area contributed by atoms with E-state index in [1.165, 1.54) is 0 Å². The highest BCUT2D eigenvalue weighted by atomic mass is 35.5. The summed E-state index contributed by atoms with van der Waals surface area (Å²) < 4.78 is 0. The Labute approximate surface area is 168 Å². The monoisotopic (exact) mass is 405 g/mol. The first kappa shape index (κ1) is 18.7. The number of anilines is 1. The van der Waals surface area contributed by atoms with Crippen molar-refractivity contribution < 1.29 is 0 Å². The summed E-state index contributed by atoms with van der Waals surface area (Å²) in [5.74, 6) is 0.887. The lowest BCUT2D eigenvalue weighted by atomic mass is 10.2. The van der Waals surface area contributed by atoms with E-state index in [0.29, 0.717) is 22.2 Å². The summed E-state index contributed by atoms with van der Waals surface area (Å²) in [5.41, 5.74) is 1.60. The molecule has 1 aromatic heterocycles. The Hall–Kier alpha value is -2.07. The number of nitrogens with one attached hydrogen (secondary N) is 1. The Morgan fingerprint density at radius 1 is 1.15 bits per heavy atom. The minimum atomic E-state index is 0.542. The molecule has 0 atom stereocenters. The van der Waals surface area contributed by atoms with Crippen LogP contribution in [-0.2, 0) is 6.54 Å². The predicted octanol–water partition coefficient (Wildman–Crippen LogP) is 3.46. The van der Waals surface area contributed by atoms with Gasteiger partial charge in [0.25, 0.3) is 0 Å². The molecule has 1 fully saturated rings. The number of nitrogens with zero attached hydrogens (tertiary/aromatic N) is 4. The molecule has 3 rings (SSSR count). The molecule has 1 saturated heterocycles. The van der Waals surface area contributed by atoms with Crippen LogP contribution in [0.1, 0.15) is 11.1 Å². The number of hydrogen-bond donors (Lipinski definition) is 1. The van der Waals surface area contributed by atoms with Gasteiger partial charge in [0.15, 0.2) is 5.11 Å². The number of hydrogen-bond acceptors (Lipinski definition) is 4. The van der Waals surface area contributed by atoms with Gasteiger partial charge in [-0.15, -0.1) is 0 Å². The predicted molar refractivity (Wildman–Crippen MR) is 109 cm³/mol. The smallest absolute Gasteiger partial charge is 0.169 e. The van der Waals surface area contributed by atoms with Crippen molar-refractivity contribution in [1.29, 1.82) is 5.26 Å². The number of thiocarbonyl (C=S) groups is 1. The van der Waals surface area contributed by atoms with Crippen molar-refractivity contribution in [2.75, 3.05) is 31.1 Å². The Morgan fingerprint density at radius 2 is 1.92 bits per heavy atom. The van der Waals surface area contributed by atoms with E-state index >= 15 is 0 Å². The largest absolute Gasteiger partial charge is 0.358 e. The third-order valence-electron chi connectivity index (χ3n) is 4.20. The molecule has 0 spiro atoms. The van der Waals surface area contributed by atoms with Crippen molar-refractivity contribution in [3.8, 4) is 6.07 Å². The Balaban J connectivity index is 1.50. The normalized spacial score (nSPS) is 14.0. The van der Waals surface area contributed by atoms with Gasteiger partial charge in [0.05, 0.1) is 15.6 Å². The zero-order valence-corrected chi connectivity index (χ0v) is 16.3. The van der Waals surface area contributed by atoms with E-state index in [1.807, 2.05) is 18.2 Å². The van der Waals surface area contributed by atoms with E-state index in [9.17, 15) is 0 Å². The summed E-state index contributed by atoms with van der Waals surface area (Å²) in [6.45, 7) is 3.89. The van der Waals surface area contributed by atoms with Crippen molar-refractivity contribution in [3.63, 3.8) is 0 Å². The Morgan fingerprint density at radius 3 is 2.54 bits per heavy atom. The van der Waals surface area contributed by atoms with Gasteiger partial charge >= 0.3 is 0 Å². The average molecular weight is 406 g/mol. The molecule has 0 radical (unpaired) electrons. The molecule has 0 unspecified atom stereocenters. The first-order valence-corrected chi connectivity index (χ1v) is 9.31. The van der Waals surface area contributed by atoms with Gasteiger partial charge in [0, 0.05) is 38.9 Å². The summed E-state index contributed by atoms with van der Waals surface area (Å²) in [6.07, 6.45) is 1.60. The summed E-state index contributed by atoms with van der Waals surface area (Å²) in [4.78, 5) is 8.69. The van der Waals surface area contributed by atoms with Crippen LogP contribution in [0.3, 0.4) is 0 Å². The van der Waals surface area contributed by atoms with Crippen LogP contribution in [0.15, 0.2) is 36.5 Å². The van der Waals surface area contributed by atoms with Crippen LogP contribution in [-0.4, -0.2) is 41.2 Å². The zero-order chi connectivity index (χ0) is 18.5. The van der Waals surface area contributed by atoms with Crippen LogP contribution in [0.4, 0.5) is 5.82 Å². The Kier molecular flexibility index (Phi) is 6.15. The Bertz CT molecular complexity index is 826.